The number of amides is 1. The van der Waals surface area contributed by atoms with Crippen LogP contribution in [0.3, 0.4) is 0 Å². The van der Waals surface area contributed by atoms with Gasteiger partial charge in [0.25, 0.3) is 0 Å². The van der Waals surface area contributed by atoms with Gasteiger partial charge in [-0.3, -0.25) is 9.59 Å². The second kappa shape index (κ2) is 7.86. The number of alkyl halides is 3. The molecule has 0 aliphatic carbocycles. The van der Waals surface area contributed by atoms with Crippen LogP contribution in [-0.2, 0) is 4.79 Å². The quantitative estimate of drug-likeness (QED) is 0.633. The predicted molar refractivity (Wildman–Crippen MR) is 92.2 cm³/mol. The Morgan fingerprint density at radius 2 is 1.85 bits per heavy atom. The summed E-state index contributed by atoms with van der Waals surface area (Å²) in [6.45, 7) is 1.84. The second-order valence-corrected chi connectivity index (χ2v) is 5.48. The highest BCUT2D eigenvalue weighted by atomic mass is 19.4. The number of ketones is 1. The van der Waals surface area contributed by atoms with Crippen LogP contribution in [0.25, 0.3) is 6.08 Å². The number of nitrogens with one attached hydrogen (secondary N) is 1. The number of allylic oxidation sites excluding steroid dienone is 1. The summed E-state index contributed by atoms with van der Waals surface area (Å²) < 4.78 is 42.1. The lowest BCUT2D eigenvalue weighted by atomic mass is 10.1. The molecule has 0 aliphatic heterocycles. The maximum atomic E-state index is 12.4. The van der Waals surface area contributed by atoms with Crippen LogP contribution in [0.4, 0.5) is 18.9 Å². The van der Waals surface area contributed by atoms with Gasteiger partial charge in [-0.1, -0.05) is 29.8 Å². The molecule has 1 amide bonds. The number of aryl methyl sites for hydroxylation is 1. The standard InChI is InChI=1S/C19H16F3NO3/c1-12-6-9-17(26-2)15(10-12)16(24)8-7-13-4-3-5-14(11-13)23-18(25)19(20,21)22/h3-11H,1-2H3,(H,23,25). The summed E-state index contributed by atoms with van der Waals surface area (Å²) in [5.41, 5.74) is 1.71. The summed E-state index contributed by atoms with van der Waals surface area (Å²) in [6.07, 6.45) is -2.22. The Balaban J connectivity index is 2.18. The number of benzene rings is 2. The van der Waals surface area contributed by atoms with E-state index in [0.29, 0.717) is 16.9 Å². The van der Waals surface area contributed by atoms with E-state index in [9.17, 15) is 22.8 Å². The lowest BCUT2D eigenvalue weighted by Crippen LogP contribution is -2.29. The van der Waals surface area contributed by atoms with Crippen LogP contribution in [-0.4, -0.2) is 25.0 Å². The number of carbonyl (C=O) groups excluding carboxylic acids is 2. The molecule has 0 bridgehead atoms. The lowest BCUT2D eigenvalue weighted by molar-refractivity contribution is -0.167. The van der Waals surface area contributed by atoms with Crippen molar-refractivity contribution in [2.24, 2.45) is 0 Å². The number of anilines is 1. The first kappa shape index (κ1) is 19.2. The minimum absolute atomic E-state index is 0.0185. The van der Waals surface area contributed by atoms with Gasteiger partial charge in [0, 0.05) is 5.69 Å². The Kier molecular flexibility index (Phi) is 5.82. The maximum Gasteiger partial charge on any atom is 0.471 e. The molecule has 7 heteroatoms. The highest BCUT2D eigenvalue weighted by Crippen LogP contribution is 2.22. The predicted octanol–water partition coefficient (Wildman–Crippen LogP) is 4.40. The second-order valence-electron chi connectivity index (χ2n) is 5.48. The first-order valence-electron chi connectivity index (χ1n) is 7.56. The highest BCUT2D eigenvalue weighted by Gasteiger charge is 2.38. The summed E-state index contributed by atoms with van der Waals surface area (Å²) in [6, 6.07) is 10.9. The zero-order valence-corrected chi connectivity index (χ0v) is 14.1. The molecule has 4 nitrogen and oxygen atoms in total. The molecule has 0 saturated heterocycles. The maximum absolute atomic E-state index is 12.4. The topological polar surface area (TPSA) is 55.4 Å². The molecule has 2 aromatic rings. The van der Waals surface area contributed by atoms with Gasteiger partial charge >= 0.3 is 12.1 Å². The van der Waals surface area contributed by atoms with Crippen LogP contribution in [0, 0.1) is 6.92 Å². The molecule has 2 aromatic carbocycles. The zero-order chi connectivity index (χ0) is 19.3. The van der Waals surface area contributed by atoms with E-state index in [0.717, 1.165) is 5.56 Å². The van der Waals surface area contributed by atoms with Gasteiger partial charge in [-0.25, -0.2) is 0 Å². The van der Waals surface area contributed by atoms with Gasteiger partial charge in [0.2, 0.25) is 0 Å². The fourth-order valence-corrected chi connectivity index (χ4v) is 2.20. The number of hydrogen-bond acceptors (Lipinski definition) is 3. The molecule has 0 fully saturated rings. The molecule has 0 aliphatic rings. The van der Waals surface area contributed by atoms with E-state index in [-0.39, 0.29) is 11.5 Å². The number of methoxy groups -OCH3 is 1. The van der Waals surface area contributed by atoms with Crippen LogP contribution in [0.1, 0.15) is 21.5 Å². The van der Waals surface area contributed by atoms with E-state index in [4.69, 9.17) is 4.74 Å². The lowest BCUT2D eigenvalue weighted by Gasteiger charge is -2.08. The zero-order valence-electron chi connectivity index (χ0n) is 14.1. The van der Waals surface area contributed by atoms with Gasteiger partial charge in [0.15, 0.2) is 5.78 Å². The number of carbonyl (C=O) groups is 2. The van der Waals surface area contributed by atoms with Crippen molar-refractivity contribution in [3.05, 3.63) is 65.2 Å². The molecule has 0 spiro atoms. The van der Waals surface area contributed by atoms with Crippen molar-refractivity contribution in [3.63, 3.8) is 0 Å². The fourth-order valence-electron chi connectivity index (χ4n) is 2.20. The van der Waals surface area contributed by atoms with E-state index in [1.807, 2.05) is 13.0 Å². The Bertz CT molecular complexity index is 857. The van der Waals surface area contributed by atoms with E-state index >= 15 is 0 Å². The smallest absolute Gasteiger partial charge is 0.471 e. The first-order valence-corrected chi connectivity index (χ1v) is 7.56. The number of ether oxygens (including phenoxy) is 1. The van der Waals surface area contributed by atoms with Crippen LogP contribution in [0.15, 0.2) is 48.5 Å². The van der Waals surface area contributed by atoms with Gasteiger partial charge < -0.3 is 10.1 Å². The summed E-state index contributed by atoms with van der Waals surface area (Å²) >= 11 is 0. The van der Waals surface area contributed by atoms with E-state index in [2.05, 4.69) is 0 Å². The van der Waals surface area contributed by atoms with Crippen molar-refractivity contribution in [1.29, 1.82) is 0 Å². The third-order valence-electron chi connectivity index (χ3n) is 3.45. The normalized spacial score (nSPS) is 11.4. The summed E-state index contributed by atoms with van der Waals surface area (Å²) in [7, 11) is 1.46. The number of hydrogen-bond donors (Lipinski definition) is 1. The van der Waals surface area contributed by atoms with Crippen molar-refractivity contribution in [2.75, 3.05) is 12.4 Å². The van der Waals surface area contributed by atoms with Crippen molar-refractivity contribution < 1.29 is 27.5 Å². The van der Waals surface area contributed by atoms with E-state index in [1.54, 1.807) is 23.5 Å². The molecule has 136 valence electrons. The number of halogens is 3. The van der Waals surface area contributed by atoms with E-state index in [1.165, 1.54) is 37.5 Å². The third-order valence-corrected chi connectivity index (χ3v) is 3.45. The fraction of sp³-hybridized carbons (Fsp3) is 0.158. The van der Waals surface area contributed by atoms with Crippen molar-refractivity contribution in [2.45, 2.75) is 13.1 Å². The largest absolute Gasteiger partial charge is 0.496 e. The van der Waals surface area contributed by atoms with Gasteiger partial charge in [-0.2, -0.15) is 13.2 Å². The summed E-state index contributed by atoms with van der Waals surface area (Å²) in [4.78, 5) is 23.3. The molecule has 0 atom stereocenters. The average molecular weight is 363 g/mol. The molecule has 1 N–H and O–H groups in total. The van der Waals surface area contributed by atoms with Gasteiger partial charge in [-0.05, 0) is 42.8 Å². The molecular weight excluding hydrogens is 347 g/mol. The van der Waals surface area contributed by atoms with Crippen molar-refractivity contribution >= 4 is 23.5 Å². The molecule has 26 heavy (non-hydrogen) atoms. The monoisotopic (exact) mass is 363 g/mol. The Hall–Kier alpha value is -3.09. The molecule has 0 saturated carbocycles. The SMILES string of the molecule is COc1ccc(C)cc1C(=O)C=Cc1cccc(NC(=O)C(F)(F)F)c1. The molecule has 0 aromatic heterocycles. The molecular formula is C19H16F3NO3. The minimum atomic E-state index is -4.97. The highest BCUT2D eigenvalue weighted by molar-refractivity contribution is 6.08. The molecule has 2 rings (SSSR count). The Morgan fingerprint density at radius 3 is 2.50 bits per heavy atom. The van der Waals surface area contributed by atoms with Crippen molar-refractivity contribution in [3.8, 4) is 5.75 Å². The Labute approximate surface area is 148 Å². The van der Waals surface area contributed by atoms with Crippen LogP contribution >= 0.6 is 0 Å². The van der Waals surface area contributed by atoms with Crippen LogP contribution in [0.2, 0.25) is 0 Å². The molecule has 0 unspecified atom stereocenters. The van der Waals surface area contributed by atoms with E-state index < -0.39 is 12.1 Å². The average Bonchev–Trinajstić information content (AvgIpc) is 2.59. The van der Waals surface area contributed by atoms with Crippen molar-refractivity contribution in [1.82, 2.24) is 0 Å². The Morgan fingerprint density at radius 1 is 1.12 bits per heavy atom. The van der Waals surface area contributed by atoms with Crippen LogP contribution in [0.5, 0.6) is 5.75 Å². The third kappa shape index (κ3) is 4.95. The molecule has 0 heterocycles. The number of rotatable bonds is 5. The van der Waals surface area contributed by atoms with Gasteiger partial charge in [0.1, 0.15) is 5.75 Å². The van der Waals surface area contributed by atoms with Gasteiger partial charge in [-0.15, -0.1) is 0 Å². The summed E-state index contributed by atoms with van der Waals surface area (Å²) in [5, 5.41) is 1.76. The first-order chi connectivity index (χ1) is 12.2. The molecule has 0 radical (unpaired) electrons. The van der Waals surface area contributed by atoms with Gasteiger partial charge in [0.05, 0.1) is 12.7 Å². The summed E-state index contributed by atoms with van der Waals surface area (Å²) in [5.74, 6) is -1.94. The van der Waals surface area contributed by atoms with Crippen LogP contribution < -0.4 is 10.1 Å². The minimum Gasteiger partial charge on any atom is -0.496 e.